The minimum absolute atomic E-state index is 0.0240. The van der Waals surface area contributed by atoms with Gasteiger partial charge in [0.25, 0.3) is 5.56 Å². The summed E-state index contributed by atoms with van der Waals surface area (Å²) in [5.74, 6) is 0.778. The second-order valence-electron chi connectivity index (χ2n) is 8.73. The number of phenols is 1. The van der Waals surface area contributed by atoms with Crippen molar-refractivity contribution >= 4 is 5.82 Å². The largest absolute Gasteiger partial charge is 0.507 e. The first-order chi connectivity index (χ1) is 16.7. The van der Waals surface area contributed by atoms with Crippen LogP contribution in [0.2, 0.25) is 0 Å². The third-order valence-electron chi connectivity index (χ3n) is 6.66. The Balaban J connectivity index is 1.34. The summed E-state index contributed by atoms with van der Waals surface area (Å²) >= 11 is 0. The molecule has 0 saturated carbocycles. The molecule has 0 aliphatic carbocycles. The van der Waals surface area contributed by atoms with E-state index >= 15 is 0 Å². The van der Waals surface area contributed by atoms with Gasteiger partial charge < -0.3 is 15.3 Å². The Hall–Kier alpha value is -3.26. The summed E-state index contributed by atoms with van der Waals surface area (Å²) in [6.07, 6.45) is 7.26. The van der Waals surface area contributed by atoms with Gasteiger partial charge in [-0.05, 0) is 55.5 Å². The average Bonchev–Trinajstić information content (AvgIpc) is 2.82. The van der Waals surface area contributed by atoms with Crippen LogP contribution >= 0.6 is 0 Å². The van der Waals surface area contributed by atoms with Crippen LogP contribution in [-0.4, -0.2) is 50.3 Å². The third-order valence-corrected chi connectivity index (χ3v) is 6.66. The number of rotatable bonds is 4. The van der Waals surface area contributed by atoms with Crippen LogP contribution in [0.1, 0.15) is 36.2 Å². The molecule has 5 rings (SSSR count). The van der Waals surface area contributed by atoms with Crippen LogP contribution in [0.5, 0.6) is 5.75 Å². The minimum Gasteiger partial charge on any atom is -0.507 e. The van der Waals surface area contributed by atoms with E-state index in [2.05, 4.69) is 32.6 Å². The molecule has 166 valence electrons. The molecule has 2 bridgehead atoms. The van der Waals surface area contributed by atoms with Gasteiger partial charge in [0.2, 0.25) is 0 Å². The highest BCUT2D eigenvalue weighted by Gasteiger charge is 2.33. The molecule has 1 aromatic carbocycles. The third kappa shape index (κ3) is 3.98. The van der Waals surface area contributed by atoms with Crippen LogP contribution in [0.25, 0.3) is 22.4 Å². The highest BCUT2D eigenvalue weighted by atomic mass is 16.3. The van der Waals surface area contributed by atoms with Crippen molar-refractivity contribution in [3.8, 4) is 28.1 Å². The smallest absolute Gasteiger partial charge is 0.267 e. The summed E-state index contributed by atoms with van der Waals surface area (Å²) in [4.78, 5) is 14.4. The molecule has 0 spiro atoms. The van der Waals surface area contributed by atoms with E-state index in [0.29, 0.717) is 45.2 Å². The maximum Gasteiger partial charge on any atom is 0.267 e. The maximum absolute atomic E-state index is 12.1. The summed E-state index contributed by atoms with van der Waals surface area (Å²) < 4.78 is 22.5. The molecular weight excluding hydrogens is 404 g/mol. The van der Waals surface area contributed by atoms with Crippen molar-refractivity contribution in [2.45, 2.75) is 50.2 Å². The van der Waals surface area contributed by atoms with Gasteiger partial charge in [0.1, 0.15) is 5.75 Å². The number of nitrogens with zero attached hydrogens (tertiary/aromatic N) is 5. The predicted octanol–water partition coefficient (Wildman–Crippen LogP) is 2.72. The molecule has 8 nitrogen and oxygen atoms in total. The van der Waals surface area contributed by atoms with E-state index in [1.54, 1.807) is 12.1 Å². The van der Waals surface area contributed by atoms with E-state index in [1.165, 1.54) is 37.6 Å². The molecule has 4 heterocycles. The normalized spacial score (nSPS) is 24.3. The van der Waals surface area contributed by atoms with Crippen molar-refractivity contribution in [2.24, 2.45) is 6.98 Å². The Morgan fingerprint density at radius 3 is 2.59 bits per heavy atom. The molecule has 2 fully saturated rings. The van der Waals surface area contributed by atoms with E-state index in [4.69, 9.17) is 4.11 Å². The number of piperidine rings is 2. The number of phenolic OH excluding ortho intramolecular Hbond substituents is 1. The summed E-state index contributed by atoms with van der Waals surface area (Å²) in [5, 5.41) is 26.9. The molecule has 2 aromatic heterocycles. The van der Waals surface area contributed by atoms with Crippen LogP contribution in [-0.2, 0) is 6.98 Å². The van der Waals surface area contributed by atoms with Gasteiger partial charge in [-0.1, -0.05) is 12.5 Å². The fraction of sp³-hybridized carbons (Fsp3) is 0.417. The fourth-order valence-corrected chi connectivity index (χ4v) is 4.89. The first-order valence-electron chi connectivity index (χ1n) is 12.5. The SMILES string of the molecule is [2H]C([2H])([2H])n1ncc(-c2ccc(-c3ccc(N(C)C4C[C@H]5CCC[C@@H](C4)N5)nn3)c(O)c2)cc1=O. The highest BCUT2D eigenvalue weighted by molar-refractivity contribution is 5.74. The second-order valence-corrected chi connectivity index (χ2v) is 8.73. The molecule has 2 aliphatic heterocycles. The van der Waals surface area contributed by atoms with Crippen molar-refractivity contribution in [1.29, 1.82) is 0 Å². The van der Waals surface area contributed by atoms with E-state index < -0.39 is 12.5 Å². The Bertz CT molecular complexity index is 1270. The van der Waals surface area contributed by atoms with Crippen LogP contribution in [0.15, 0.2) is 47.4 Å². The Kier molecular flexibility index (Phi) is 4.52. The van der Waals surface area contributed by atoms with E-state index in [9.17, 15) is 9.90 Å². The first kappa shape index (κ1) is 17.3. The Morgan fingerprint density at radius 2 is 1.94 bits per heavy atom. The maximum atomic E-state index is 12.1. The molecular formula is C24H28N6O2. The fourth-order valence-electron chi connectivity index (χ4n) is 4.89. The van der Waals surface area contributed by atoms with Gasteiger partial charge in [0.15, 0.2) is 5.82 Å². The van der Waals surface area contributed by atoms with Crippen molar-refractivity contribution in [2.75, 3.05) is 11.9 Å². The summed E-state index contributed by atoms with van der Waals surface area (Å²) in [7, 11) is 2.07. The van der Waals surface area contributed by atoms with Gasteiger partial charge in [-0.15, -0.1) is 10.2 Å². The van der Waals surface area contributed by atoms with Crippen LogP contribution < -0.4 is 15.8 Å². The number of hydrogen-bond acceptors (Lipinski definition) is 7. The van der Waals surface area contributed by atoms with Gasteiger partial charge in [-0.25, -0.2) is 4.68 Å². The second kappa shape index (κ2) is 8.35. The number of fused-ring (bicyclic) bond motifs is 2. The lowest BCUT2D eigenvalue weighted by Gasteiger charge is -2.43. The quantitative estimate of drug-likeness (QED) is 0.650. The molecule has 2 aliphatic rings. The Morgan fingerprint density at radius 1 is 1.12 bits per heavy atom. The van der Waals surface area contributed by atoms with E-state index in [1.807, 2.05) is 12.1 Å². The van der Waals surface area contributed by atoms with Crippen molar-refractivity contribution in [3.63, 3.8) is 0 Å². The average molecular weight is 436 g/mol. The van der Waals surface area contributed by atoms with Gasteiger partial charge in [-0.2, -0.15) is 5.10 Å². The molecule has 3 aromatic rings. The minimum atomic E-state index is -2.65. The highest BCUT2D eigenvalue weighted by Crippen LogP contribution is 2.33. The zero-order chi connectivity index (χ0) is 24.7. The zero-order valence-corrected chi connectivity index (χ0v) is 17.9. The summed E-state index contributed by atoms with van der Waals surface area (Å²) in [6.45, 7) is -2.65. The topological polar surface area (TPSA) is 96.2 Å². The predicted molar refractivity (Wildman–Crippen MR) is 124 cm³/mol. The molecule has 8 heteroatoms. The molecule has 3 atom stereocenters. The molecule has 32 heavy (non-hydrogen) atoms. The lowest BCUT2D eigenvalue weighted by Crippen LogP contribution is -2.54. The summed E-state index contributed by atoms with van der Waals surface area (Å²) in [6, 6.07) is 11.5. The van der Waals surface area contributed by atoms with Gasteiger partial charge >= 0.3 is 0 Å². The molecule has 0 amide bonds. The van der Waals surface area contributed by atoms with Crippen LogP contribution in [0.4, 0.5) is 5.82 Å². The van der Waals surface area contributed by atoms with Crippen molar-refractivity contribution < 1.29 is 9.22 Å². The number of aromatic nitrogens is 4. The molecule has 1 unspecified atom stereocenters. The van der Waals surface area contributed by atoms with Gasteiger partial charge in [0.05, 0.1) is 11.9 Å². The Labute approximate surface area is 191 Å². The molecule has 0 radical (unpaired) electrons. The standard InChI is InChI=1S/C24H28N6O2/c1-29(19-12-17-4-3-5-18(13-19)26-17)23-9-8-21(27-28-23)20-7-6-15(10-22(20)31)16-11-24(32)30(2)25-14-16/h6-11,14,17-19,26,31H,3-5,12-13H2,1-2H3/t17-,18+,19?/i2D3. The molecule has 2 saturated heterocycles. The molecule has 2 N–H and O–H groups in total. The first-order valence-corrected chi connectivity index (χ1v) is 11.0. The van der Waals surface area contributed by atoms with E-state index in [-0.39, 0.29) is 5.75 Å². The van der Waals surface area contributed by atoms with Crippen molar-refractivity contribution in [1.82, 2.24) is 25.3 Å². The number of aromatic hydroxyl groups is 1. The number of hydrogen-bond donors (Lipinski definition) is 2. The van der Waals surface area contributed by atoms with Crippen LogP contribution in [0, 0.1) is 0 Å². The lowest BCUT2D eigenvalue weighted by atomic mass is 9.83. The number of benzene rings is 1. The lowest BCUT2D eigenvalue weighted by molar-refractivity contribution is 0.219. The van der Waals surface area contributed by atoms with Gasteiger partial charge in [-0.3, -0.25) is 4.79 Å². The van der Waals surface area contributed by atoms with Crippen molar-refractivity contribution in [3.05, 3.63) is 52.9 Å². The number of aryl methyl sites for hydroxylation is 1. The monoisotopic (exact) mass is 435 g/mol. The zero-order valence-electron chi connectivity index (χ0n) is 20.9. The number of anilines is 1. The number of nitrogens with one attached hydrogen (secondary N) is 1. The van der Waals surface area contributed by atoms with Crippen LogP contribution in [0.3, 0.4) is 0 Å². The summed E-state index contributed by atoms with van der Waals surface area (Å²) in [5.41, 5.74) is 1.25. The van der Waals surface area contributed by atoms with Gasteiger partial charge in [0, 0.05) is 53.5 Å². The van der Waals surface area contributed by atoms with E-state index in [0.717, 1.165) is 18.7 Å².